The van der Waals surface area contributed by atoms with Crippen LogP contribution in [0.2, 0.25) is 0 Å². The number of nitrogens with zero attached hydrogens (tertiary/aromatic N) is 1. The molecule has 0 bridgehead atoms. The maximum Gasteiger partial charge on any atom is 0.328 e. The van der Waals surface area contributed by atoms with Crippen LogP contribution in [0.4, 0.5) is 0 Å². The van der Waals surface area contributed by atoms with Gasteiger partial charge in [0.2, 0.25) is 0 Å². The number of ether oxygens (including phenoxy) is 3. The van der Waals surface area contributed by atoms with Gasteiger partial charge in [0.1, 0.15) is 24.0 Å². The Bertz CT molecular complexity index is 935. The first-order chi connectivity index (χ1) is 16.7. The number of aromatic nitrogens is 1. The molecule has 2 heterocycles. The third kappa shape index (κ3) is 9.11. The summed E-state index contributed by atoms with van der Waals surface area (Å²) in [5.41, 5.74) is -0.208. The van der Waals surface area contributed by atoms with E-state index in [4.69, 9.17) is 14.2 Å². The number of rotatable bonds is 6. The first-order valence-electron chi connectivity index (χ1n) is 12.2. The van der Waals surface area contributed by atoms with Crippen LogP contribution in [-0.2, 0) is 9.53 Å². The highest BCUT2D eigenvalue weighted by molar-refractivity contribution is 5.97. The molecule has 2 aromatic rings. The van der Waals surface area contributed by atoms with Crippen LogP contribution in [-0.4, -0.2) is 47.3 Å². The molecule has 1 aliphatic heterocycles. The molecule has 0 aliphatic carbocycles. The van der Waals surface area contributed by atoms with Gasteiger partial charge >= 0.3 is 5.97 Å². The van der Waals surface area contributed by atoms with Gasteiger partial charge in [0.25, 0.3) is 5.91 Å². The quantitative estimate of drug-likeness (QED) is 0.559. The summed E-state index contributed by atoms with van der Waals surface area (Å²) in [6.45, 7) is 8.45. The van der Waals surface area contributed by atoms with Crippen LogP contribution in [0.25, 0.3) is 0 Å². The Balaban J connectivity index is 0.000000784. The maximum absolute atomic E-state index is 12.6. The summed E-state index contributed by atoms with van der Waals surface area (Å²) in [7, 11) is 1.38. The Morgan fingerprint density at radius 3 is 2.54 bits per heavy atom. The molecule has 0 spiro atoms. The van der Waals surface area contributed by atoms with Crippen LogP contribution in [0.3, 0.4) is 0 Å². The van der Waals surface area contributed by atoms with Crippen LogP contribution in [0.1, 0.15) is 70.3 Å². The standard InChI is InChI=1S/C22H26N2O6.C5H12/c1-14-13-16(30-15-7-4-3-5-8-15)9-6-10-17(22(27)29-14)24-21(26)19-20(25)18(28-2)11-12-23-19;1-4-5(2)3/h3-5,7-8,11-12,14,16-17,25H,6,9-10,13H2,1-2H3,(H,24,26);5H,4H2,1-3H3/t14?,16?,17-;/m0./s1. The van der Waals surface area contributed by atoms with E-state index in [-0.39, 0.29) is 29.4 Å². The number of carbonyl (C=O) groups is 2. The van der Waals surface area contributed by atoms with Crippen molar-refractivity contribution in [3.63, 3.8) is 0 Å². The van der Waals surface area contributed by atoms with Gasteiger partial charge in [-0.3, -0.25) is 4.79 Å². The van der Waals surface area contributed by atoms with E-state index in [9.17, 15) is 14.7 Å². The van der Waals surface area contributed by atoms with E-state index in [1.807, 2.05) is 30.3 Å². The number of nitrogens with one attached hydrogen (secondary N) is 1. The number of hydrogen-bond donors (Lipinski definition) is 2. The molecule has 8 heteroatoms. The zero-order chi connectivity index (χ0) is 25.8. The summed E-state index contributed by atoms with van der Waals surface area (Å²) in [5.74, 6) is 0.218. The van der Waals surface area contributed by atoms with Gasteiger partial charge in [-0.1, -0.05) is 45.4 Å². The lowest BCUT2D eigenvalue weighted by atomic mass is 10.0. The average Bonchev–Trinajstić information content (AvgIpc) is 2.89. The third-order valence-corrected chi connectivity index (χ3v) is 5.71. The van der Waals surface area contributed by atoms with Gasteiger partial charge in [-0.2, -0.15) is 0 Å². The Kier molecular flexibility index (Phi) is 11.3. The fourth-order valence-corrected chi connectivity index (χ4v) is 3.41. The highest BCUT2D eigenvalue weighted by Crippen LogP contribution is 2.28. The van der Waals surface area contributed by atoms with Crippen LogP contribution < -0.4 is 14.8 Å². The van der Waals surface area contributed by atoms with Gasteiger partial charge in [-0.25, -0.2) is 9.78 Å². The largest absolute Gasteiger partial charge is 0.503 e. The second-order valence-electron chi connectivity index (χ2n) is 9.01. The van der Waals surface area contributed by atoms with Crippen molar-refractivity contribution in [3.8, 4) is 17.2 Å². The van der Waals surface area contributed by atoms with Crippen molar-refractivity contribution in [2.45, 2.75) is 78.0 Å². The SMILES string of the molecule is CCC(C)C.COc1ccnc(C(=O)N[C@H]2CCCC(Oc3ccccc3)CC(C)OC2=O)c1O. The Morgan fingerprint density at radius 1 is 1.23 bits per heavy atom. The van der Waals surface area contributed by atoms with E-state index >= 15 is 0 Å². The second-order valence-corrected chi connectivity index (χ2v) is 9.01. The minimum Gasteiger partial charge on any atom is -0.503 e. The lowest BCUT2D eigenvalue weighted by Gasteiger charge is -2.21. The van der Waals surface area contributed by atoms with Gasteiger partial charge in [0.05, 0.1) is 7.11 Å². The second kappa shape index (κ2) is 14.2. The minimum absolute atomic E-state index is 0.103. The summed E-state index contributed by atoms with van der Waals surface area (Å²) in [4.78, 5) is 29.1. The normalized spacial score (nSPS) is 20.3. The van der Waals surface area contributed by atoms with Gasteiger partial charge < -0.3 is 24.6 Å². The molecule has 1 aromatic heterocycles. The van der Waals surface area contributed by atoms with Crippen LogP contribution >= 0.6 is 0 Å². The molecular formula is C27H38N2O6. The molecule has 1 aromatic carbocycles. The summed E-state index contributed by atoms with van der Waals surface area (Å²) in [5, 5.41) is 12.8. The van der Waals surface area contributed by atoms with Gasteiger partial charge in [0, 0.05) is 18.7 Å². The molecule has 192 valence electrons. The van der Waals surface area contributed by atoms with Gasteiger partial charge in [-0.15, -0.1) is 0 Å². The van der Waals surface area contributed by atoms with E-state index in [0.717, 1.165) is 11.7 Å². The molecule has 8 nitrogen and oxygen atoms in total. The van der Waals surface area contributed by atoms with Gasteiger partial charge in [0.15, 0.2) is 17.2 Å². The molecule has 1 fully saturated rings. The molecular weight excluding hydrogens is 448 g/mol. The minimum atomic E-state index is -0.845. The van der Waals surface area contributed by atoms with Crippen LogP contribution in [0.15, 0.2) is 42.6 Å². The molecule has 0 saturated carbocycles. The van der Waals surface area contributed by atoms with E-state index in [1.54, 1.807) is 6.92 Å². The predicted octanol–water partition coefficient (Wildman–Crippen LogP) is 4.90. The van der Waals surface area contributed by atoms with Crippen molar-refractivity contribution < 1.29 is 28.9 Å². The summed E-state index contributed by atoms with van der Waals surface area (Å²) < 4.78 is 16.6. The summed E-state index contributed by atoms with van der Waals surface area (Å²) in [6, 6.07) is 10.1. The van der Waals surface area contributed by atoms with E-state index in [0.29, 0.717) is 25.7 Å². The Hall–Kier alpha value is -3.29. The van der Waals surface area contributed by atoms with E-state index in [1.165, 1.54) is 25.8 Å². The number of benzene rings is 1. The van der Waals surface area contributed by atoms with Crippen molar-refractivity contribution in [2.24, 2.45) is 5.92 Å². The molecule has 0 radical (unpaired) electrons. The van der Waals surface area contributed by atoms with Gasteiger partial charge in [-0.05, 0) is 44.2 Å². The van der Waals surface area contributed by atoms with E-state index in [2.05, 4.69) is 31.1 Å². The smallest absolute Gasteiger partial charge is 0.328 e. The first-order valence-corrected chi connectivity index (χ1v) is 12.2. The van der Waals surface area contributed by atoms with Crippen molar-refractivity contribution in [1.82, 2.24) is 10.3 Å². The van der Waals surface area contributed by atoms with Crippen LogP contribution in [0.5, 0.6) is 17.2 Å². The highest BCUT2D eigenvalue weighted by atomic mass is 16.5. The highest BCUT2D eigenvalue weighted by Gasteiger charge is 2.29. The number of hydrogen-bond acceptors (Lipinski definition) is 7. The lowest BCUT2D eigenvalue weighted by Crippen LogP contribution is -2.42. The first kappa shape index (κ1) is 28.0. The zero-order valence-electron chi connectivity index (χ0n) is 21.3. The number of esters is 1. The molecule has 1 amide bonds. The molecule has 3 atom stereocenters. The predicted molar refractivity (Wildman–Crippen MR) is 134 cm³/mol. The number of para-hydroxylation sites is 1. The molecule has 1 saturated heterocycles. The van der Waals surface area contributed by atoms with E-state index < -0.39 is 17.9 Å². The Morgan fingerprint density at radius 2 is 1.91 bits per heavy atom. The summed E-state index contributed by atoms with van der Waals surface area (Å²) >= 11 is 0. The molecule has 35 heavy (non-hydrogen) atoms. The molecule has 3 rings (SSSR count). The monoisotopic (exact) mass is 486 g/mol. The molecule has 2 N–H and O–H groups in total. The number of methoxy groups -OCH3 is 1. The molecule has 2 unspecified atom stereocenters. The van der Waals surface area contributed by atoms with Crippen molar-refractivity contribution >= 4 is 11.9 Å². The van der Waals surface area contributed by atoms with Crippen molar-refractivity contribution in [3.05, 3.63) is 48.3 Å². The number of aromatic hydroxyl groups is 1. The fraction of sp³-hybridized carbons (Fsp3) is 0.519. The number of amides is 1. The third-order valence-electron chi connectivity index (χ3n) is 5.71. The molecule has 1 aliphatic rings. The number of cyclic esters (lactones) is 1. The van der Waals surface area contributed by atoms with Crippen molar-refractivity contribution in [1.29, 1.82) is 0 Å². The fourth-order valence-electron chi connectivity index (χ4n) is 3.41. The number of pyridine rings is 1. The summed E-state index contributed by atoms with van der Waals surface area (Å²) in [6.07, 6.45) is 4.49. The Labute approximate surface area is 208 Å². The van der Waals surface area contributed by atoms with Crippen LogP contribution in [0, 0.1) is 5.92 Å². The lowest BCUT2D eigenvalue weighted by molar-refractivity contribution is -0.151. The maximum atomic E-state index is 12.6. The number of carbonyl (C=O) groups excluding carboxylic acids is 2. The average molecular weight is 487 g/mol. The zero-order valence-corrected chi connectivity index (χ0v) is 21.3. The van der Waals surface area contributed by atoms with Crippen molar-refractivity contribution in [2.75, 3.05) is 7.11 Å². The topological polar surface area (TPSA) is 107 Å².